The smallest absolute Gasteiger partial charge is 0.143 e. The van der Waals surface area contributed by atoms with Gasteiger partial charge in [0.1, 0.15) is 5.78 Å². The number of fused-ring (bicyclic) bond motifs is 1. The van der Waals surface area contributed by atoms with E-state index in [4.69, 9.17) is 0 Å². The zero-order valence-electron chi connectivity index (χ0n) is 9.76. The molecule has 1 nitrogen and oxygen atoms in total. The number of aryl methyl sites for hydroxylation is 2. The summed E-state index contributed by atoms with van der Waals surface area (Å²) in [5.74, 6) is 0.374. The largest absolute Gasteiger partial charge is 0.299 e. The molecule has 0 spiro atoms. The van der Waals surface area contributed by atoms with E-state index in [9.17, 15) is 4.79 Å². The van der Waals surface area contributed by atoms with Crippen molar-refractivity contribution in [2.45, 2.75) is 45.4 Å². The van der Waals surface area contributed by atoms with E-state index in [1.807, 2.05) is 13.8 Å². The maximum absolute atomic E-state index is 11.8. The van der Waals surface area contributed by atoms with Gasteiger partial charge in [0, 0.05) is 11.8 Å². The van der Waals surface area contributed by atoms with E-state index in [1.54, 1.807) is 0 Å². The molecule has 1 aliphatic rings. The maximum Gasteiger partial charge on any atom is 0.143 e. The Hall–Kier alpha value is -1.11. The minimum atomic E-state index is -0.278. The van der Waals surface area contributed by atoms with Crippen LogP contribution in [0.15, 0.2) is 18.2 Å². The van der Waals surface area contributed by atoms with Crippen LogP contribution < -0.4 is 0 Å². The quantitative estimate of drug-likeness (QED) is 0.684. The number of carbonyl (C=O) groups is 1. The molecule has 1 heteroatoms. The summed E-state index contributed by atoms with van der Waals surface area (Å²) in [5.41, 5.74) is 3.70. The first kappa shape index (κ1) is 10.4. The lowest BCUT2D eigenvalue weighted by Crippen LogP contribution is -2.34. The molecule has 0 aromatic heterocycles. The third kappa shape index (κ3) is 1.60. The monoisotopic (exact) mass is 202 g/mol. The first-order chi connectivity index (χ1) is 7.05. The fourth-order valence-electron chi connectivity index (χ4n) is 2.39. The molecular weight excluding hydrogens is 184 g/mol. The van der Waals surface area contributed by atoms with Crippen LogP contribution in [0, 0.1) is 0 Å². The van der Waals surface area contributed by atoms with Crippen molar-refractivity contribution < 1.29 is 4.79 Å². The number of hydrogen-bond donors (Lipinski definition) is 0. The van der Waals surface area contributed by atoms with Crippen molar-refractivity contribution in [3.05, 3.63) is 34.9 Å². The van der Waals surface area contributed by atoms with Gasteiger partial charge in [-0.25, -0.2) is 0 Å². The van der Waals surface area contributed by atoms with Gasteiger partial charge in [-0.1, -0.05) is 25.1 Å². The molecule has 0 fully saturated rings. The first-order valence-corrected chi connectivity index (χ1v) is 5.71. The number of rotatable bonds is 1. The summed E-state index contributed by atoms with van der Waals surface area (Å²) in [7, 11) is 0. The highest BCUT2D eigenvalue weighted by atomic mass is 16.1. The molecule has 1 aliphatic carbocycles. The Morgan fingerprint density at radius 2 is 2.00 bits per heavy atom. The lowest BCUT2D eigenvalue weighted by atomic mass is 9.71. The molecule has 1 aromatic rings. The minimum Gasteiger partial charge on any atom is -0.299 e. The summed E-state index contributed by atoms with van der Waals surface area (Å²) in [4.78, 5) is 11.8. The van der Waals surface area contributed by atoms with Crippen molar-refractivity contribution in [3.63, 3.8) is 0 Å². The SMILES string of the molecule is CCc1ccc2c(c1)CCC(=O)C2(C)C. The van der Waals surface area contributed by atoms with Crippen molar-refractivity contribution in [2.75, 3.05) is 0 Å². The van der Waals surface area contributed by atoms with Gasteiger partial charge in [-0.2, -0.15) is 0 Å². The van der Waals surface area contributed by atoms with Crippen molar-refractivity contribution >= 4 is 5.78 Å². The topological polar surface area (TPSA) is 17.1 Å². The molecule has 80 valence electrons. The molecule has 0 radical (unpaired) electrons. The highest BCUT2D eigenvalue weighted by Gasteiger charge is 2.34. The van der Waals surface area contributed by atoms with Crippen molar-refractivity contribution in [1.29, 1.82) is 0 Å². The molecule has 0 unspecified atom stereocenters. The third-order valence-electron chi connectivity index (χ3n) is 3.57. The molecule has 0 atom stereocenters. The fourth-order valence-corrected chi connectivity index (χ4v) is 2.39. The number of Topliss-reactive ketones (excluding diaryl/α,β-unsaturated/α-hetero) is 1. The van der Waals surface area contributed by atoms with Crippen LogP contribution in [0.1, 0.15) is 43.9 Å². The second kappa shape index (κ2) is 3.48. The second-order valence-corrected chi connectivity index (χ2v) is 4.89. The standard InChI is InChI=1S/C14H18O/c1-4-10-5-7-12-11(9-10)6-8-13(15)14(12,2)3/h5,7,9H,4,6,8H2,1-3H3. The van der Waals surface area contributed by atoms with E-state index in [1.165, 1.54) is 16.7 Å². The van der Waals surface area contributed by atoms with Crippen LogP contribution >= 0.6 is 0 Å². The van der Waals surface area contributed by atoms with E-state index < -0.39 is 0 Å². The van der Waals surface area contributed by atoms with Crippen LogP contribution in [0.3, 0.4) is 0 Å². The van der Waals surface area contributed by atoms with E-state index in [0.717, 1.165) is 12.8 Å². The summed E-state index contributed by atoms with van der Waals surface area (Å²) >= 11 is 0. The summed E-state index contributed by atoms with van der Waals surface area (Å²) < 4.78 is 0. The van der Waals surface area contributed by atoms with Crippen molar-refractivity contribution in [1.82, 2.24) is 0 Å². The number of carbonyl (C=O) groups excluding carboxylic acids is 1. The highest BCUT2D eigenvalue weighted by Crippen LogP contribution is 2.34. The fraction of sp³-hybridized carbons (Fsp3) is 0.500. The van der Waals surface area contributed by atoms with Gasteiger partial charge >= 0.3 is 0 Å². The third-order valence-corrected chi connectivity index (χ3v) is 3.57. The van der Waals surface area contributed by atoms with Crippen LogP contribution in [-0.2, 0) is 23.1 Å². The Morgan fingerprint density at radius 3 is 2.67 bits per heavy atom. The molecule has 0 heterocycles. The molecule has 0 bridgehead atoms. The number of hydrogen-bond acceptors (Lipinski definition) is 1. The molecular formula is C14H18O. The van der Waals surface area contributed by atoms with Crippen LogP contribution in [0.4, 0.5) is 0 Å². The Kier molecular flexibility index (Phi) is 2.41. The average molecular weight is 202 g/mol. The van der Waals surface area contributed by atoms with Crippen LogP contribution in [0.25, 0.3) is 0 Å². The molecule has 15 heavy (non-hydrogen) atoms. The zero-order chi connectivity index (χ0) is 11.1. The van der Waals surface area contributed by atoms with Gasteiger partial charge in [-0.05, 0) is 43.4 Å². The second-order valence-electron chi connectivity index (χ2n) is 4.89. The van der Waals surface area contributed by atoms with Gasteiger partial charge < -0.3 is 0 Å². The van der Waals surface area contributed by atoms with Crippen LogP contribution in [-0.4, -0.2) is 5.78 Å². The predicted octanol–water partition coefficient (Wildman–Crippen LogP) is 3.04. The van der Waals surface area contributed by atoms with E-state index in [0.29, 0.717) is 12.2 Å². The van der Waals surface area contributed by atoms with E-state index in [-0.39, 0.29) is 5.41 Å². The summed E-state index contributed by atoms with van der Waals surface area (Å²) in [6.07, 6.45) is 2.69. The van der Waals surface area contributed by atoms with Gasteiger partial charge in [0.15, 0.2) is 0 Å². The van der Waals surface area contributed by atoms with E-state index >= 15 is 0 Å². The van der Waals surface area contributed by atoms with Gasteiger partial charge in [0.05, 0.1) is 0 Å². The lowest BCUT2D eigenvalue weighted by Gasteiger charge is -2.31. The van der Waals surface area contributed by atoms with Crippen LogP contribution in [0.5, 0.6) is 0 Å². The molecule has 0 aliphatic heterocycles. The summed E-state index contributed by atoms with van der Waals surface area (Å²) in [5, 5.41) is 0. The van der Waals surface area contributed by atoms with Gasteiger partial charge in [0.2, 0.25) is 0 Å². The first-order valence-electron chi connectivity index (χ1n) is 5.71. The zero-order valence-corrected chi connectivity index (χ0v) is 9.76. The lowest BCUT2D eigenvalue weighted by molar-refractivity contribution is -0.124. The van der Waals surface area contributed by atoms with E-state index in [2.05, 4.69) is 25.1 Å². The number of ketones is 1. The van der Waals surface area contributed by atoms with Gasteiger partial charge in [-0.3, -0.25) is 4.79 Å². The Balaban J connectivity index is 2.52. The average Bonchev–Trinajstić information content (AvgIpc) is 2.23. The van der Waals surface area contributed by atoms with Gasteiger partial charge in [-0.15, -0.1) is 0 Å². The Bertz CT molecular complexity index is 402. The Morgan fingerprint density at radius 1 is 1.27 bits per heavy atom. The summed E-state index contributed by atoms with van der Waals surface area (Å²) in [6, 6.07) is 6.56. The van der Waals surface area contributed by atoms with Crippen molar-refractivity contribution in [3.8, 4) is 0 Å². The Labute approximate surface area is 91.5 Å². The molecule has 0 N–H and O–H groups in total. The van der Waals surface area contributed by atoms with Crippen LogP contribution in [0.2, 0.25) is 0 Å². The van der Waals surface area contributed by atoms with Gasteiger partial charge in [0.25, 0.3) is 0 Å². The molecule has 0 amide bonds. The molecule has 0 saturated heterocycles. The maximum atomic E-state index is 11.8. The highest BCUT2D eigenvalue weighted by molar-refractivity contribution is 5.91. The minimum absolute atomic E-state index is 0.278. The molecule has 2 rings (SSSR count). The normalized spacial score (nSPS) is 18.7. The number of benzene rings is 1. The van der Waals surface area contributed by atoms with Crippen molar-refractivity contribution in [2.24, 2.45) is 0 Å². The summed E-state index contributed by atoms with van der Waals surface area (Å²) in [6.45, 7) is 6.25. The molecule has 1 aromatic carbocycles. The molecule has 0 saturated carbocycles. The predicted molar refractivity (Wildman–Crippen MR) is 62.2 cm³/mol.